The van der Waals surface area contributed by atoms with E-state index in [2.05, 4.69) is 4.90 Å². The van der Waals surface area contributed by atoms with Crippen LogP contribution in [0.15, 0.2) is 42.5 Å². The van der Waals surface area contributed by atoms with Gasteiger partial charge in [-0.05, 0) is 35.9 Å². The van der Waals surface area contributed by atoms with Crippen molar-refractivity contribution in [3.8, 4) is 11.5 Å². The predicted octanol–water partition coefficient (Wildman–Crippen LogP) is 3.60. The number of fused-ring (bicyclic) bond motifs is 1. The summed E-state index contributed by atoms with van der Waals surface area (Å²) in [7, 11) is 3.17. The van der Waals surface area contributed by atoms with Gasteiger partial charge in [-0.2, -0.15) is 0 Å². The molecular weight excluding hydrogens is 472 g/mol. The second-order valence-corrected chi connectivity index (χ2v) is 8.75. The Bertz CT molecular complexity index is 1180. The lowest BCUT2D eigenvalue weighted by molar-refractivity contribution is -0.384. The maximum Gasteiger partial charge on any atom is 0.269 e. The Labute approximate surface area is 206 Å². The molecule has 1 fully saturated rings. The lowest BCUT2D eigenvalue weighted by Gasteiger charge is -2.28. The van der Waals surface area contributed by atoms with Gasteiger partial charge in [-0.1, -0.05) is 11.3 Å². The molecule has 0 aliphatic carbocycles. The number of nitrogens with zero attached hydrogens (tertiary/aromatic N) is 4. The molecule has 0 unspecified atom stereocenters. The standard InChI is InChI=1S/C24H26N4O6S/c1-32-19-8-9-20(33-2)23-22(19)25-24(35-23)27(12-11-26-13-15-34-16-14-26)21(29)10-5-17-3-6-18(7-4-17)28(30)31/h3-10H,11-16H2,1-2H3. The molecule has 1 amide bonds. The van der Waals surface area contributed by atoms with E-state index in [1.54, 1.807) is 43.4 Å². The molecule has 0 spiro atoms. The fourth-order valence-electron chi connectivity index (χ4n) is 3.72. The number of carbonyl (C=O) groups excluding carboxylic acids is 1. The van der Waals surface area contributed by atoms with Crippen molar-refractivity contribution in [3.63, 3.8) is 0 Å². The van der Waals surface area contributed by atoms with E-state index in [1.807, 2.05) is 6.07 Å². The molecule has 11 heteroatoms. The molecular formula is C24H26N4O6S. The lowest BCUT2D eigenvalue weighted by atomic mass is 10.2. The van der Waals surface area contributed by atoms with Crippen LogP contribution in [0.4, 0.5) is 10.8 Å². The van der Waals surface area contributed by atoms with Crippen LogP contribution in [0.3, 0.4) is 0 Å². The highest BCUT2D eigenvalue weighted by molar-refractivity contribution is 7.22. The third-order valence-electron chi connectivity index (χ3n) is 5.66. The average molecular weight is 499 g/mol. The normalized spacial score (nSPS) is 14.3. The van der Waals surface area contributed by atoms with Gasteiger partial charge in [0.1, 0.15) is 21.7 Å². The van der Waals surface area contributed by atoms with E-state index in [0.29, 0.717) is 54.0 Å². The highest BCUT2D eigenvalue weighted by Crippen LogP contribution is 2.40. The van der Waals surface area contributed by atoms with Crippen molar-refractivity contribution in [1.82, 2.24) is 9.88 Å². The van der Waals surface area contributed by atoms with E-state index in [1.165, 1.54) is 29.5 Å². The maximum atomic E-state index is 13.3. The van der Waals surface area contributed by atoms with E-state index in [-0.39, 0.29) is 11.6 Å². The molecule has 35 heavy (non-hydrogen) atoms. The molecule has 0 N–H and O–H groups in total. The minimum Gasteiger partial charge on any atom is -0.495 e. The molecule has 0 saturated carbocycles. The van der Waals surface area contributed by atoms with Gasteiger partial charge in [0.2, 0.25) is 0 Å². The van der Waals surface area contributed by atoms with Crippen LogP contribution in [-0.4, -0.2) is 74.3 Å². The molecule has 184 valence electrons. The molecule has 4 rings (SSSR count). The Morgan fingerprint density at radius 1 is 1.17 bits per heavy atom. The fraction of sp³-hybridized carbons (Fsp3) is 0.333. The molecule has 0 atom stereocenters. The molecule has 1 aromatic heterocycles. The van der Waals surface area contributed by atoms with Crippen LogP contribution in [-0.2, 0) is 9.53 Å². The number of carbonyl (C=O) groups is 1. The zero-order valence-electron chi connectivity index (χ0n) is 19.5. The van der Waals surface area contributed by atoms with Crippen LogP contribution < -0.4 is 14.4 Å². The van der Waals surface area contributed by atoms with Gasteiger partial charge in [-0.3, -0.25) is 24.7 Å². The number of ether oxygens (including phenoxy) is 3. The van der Waals surface area contributed by atoms with Gasteiger partial charge in [0.15, 0.2) is 5.13 Å². The second-order valence-electron chi connectivity index (χ2n) is 7.77. The minimum absolute atomic E-state index is 0.00187. The van der Waals surface area contributed by atoms with Crippen molar-refractivity contribution in [2.45, 2.75) is 0 Å². The Morgan fingerprint density at radius 2 is 1.86 bits per heavy atom. The second kappa shape index (κ2) is 11.3. The van der Waals surface area contributed by atoms with Crippen LogP contribution in [0.25, 0.3) is 16.3 Å². The zero-order valence-corrected chi connectivity index (χ0v) is 20.3. The quantitative estimate of drug-likeness (QED) is 0.250. The first-order valence-corrected chi connectivity index (χ1v) is 11.9. The number of amides is 1. The average Bonchev–Trinajstić information content (AvgIpc) is 3.33. The van der Waals surface area contributed by atoms with E-state index in [4.69, 9.17) is 19.2 Å². The number of hydrogen-bond donors (Lipinski definition) is 0. The van der Waals surface area contributed by atoms with E-state index >= 15 is 0 Å². The van der Waals surface area contributed by atoms with Crippen molar-refractivity contribution in [1.29, 1.82) is 0 Å². The fourth-order valence-corrected chi connectivity index (χ4v) is 4.83. The summed E-state index contributed by atoms with van der Waals surface area (Å²) in [6.45, 7) is 4.07. The molecule has 10 nitrogen and oxygen atoms in total. The summed E-state index contributed by atoms with van der Waals surface area (Å²) in [5, 5.41) is 11.4. The van der Waals surface area contributed by atoms with Gasteiger partial charge in [-0.25, -0.2) is 4.98 Å². The molecule has 1 saturated heterocycles. The topological polar surface area (TPSA) is 107 Å². The molecule has 0 bridgehead atoms. The highest BCUT2D eigenvalue weighted by atomic mass is 32.1. The summed E-state index contributed by atoms with van der Waals surface area (Å²) < 4.78 is 17.2. The van der Waals surface area contributed by atoms with Crippen LogP contribution in [0.1, 0.15) is 5.56 Å². The van der Waals surface area contributed by atoms with Gasteiger partial charge in [-0.15, -0.1) is 0 Å². The van der Waals surface area contributed by atoms with E-state index in [0.717, 1.165) is 17.8 Å². The Kier molecular flexibility index (Phi) is 7.91. The third-order valence-corrected chi connectivity index (χ3v) is 6.75. The number of benzene rings is 2. The first-order valence-electron chi connectivity index (χ1n) is 11.1. The smallest absolute Gasteiger partial charge is 0.269 e. The summed E-state index contributed by atoms with van der Waals surface area (Å²) in [4.78, 5) is 32.4. The molecule has 2 aromatic carbocycles. The first kappa shape index (κ1) is 24.6. The summed E-state index contributed by atoms with van der Waals surface area (Å²) in [5.41, 5.74) is 1.32. The number of morpholine rings is 1. The van der Waals surface area contributed by atoms with Crippen molar-refractivity contribution in [3.05, 3.63) is 58.2 Å². The number of thiazole rings is 1. The van der Waals surface area contributed by atoms with Gasteiger partial charge in [0.05, 0.1) is 32.4 Å². The molecule has 1 aliphatic heterocycles. The number of aromatic nitrogens is 1. The first-order chi connectivity index (χ1) is 17.0. The van der Waals surface area contributed by atoms with E-state index in [9.17, 15) is 14.9 Å². The number of anilines is 1. The molecule has 2 heterocycles. The summed E-state index contributed by atoms with van der Waals surface area (Å²) in [6, 6.07) is 9.64. The van der Waals surface area contributed by atoms with Crippen molar-refractivity contribution in [2.75, 3.05) is 58.5 Å². The van der Waals surface area contributed by atoms with Crippen molar-refractivity contribution < 1.29 is 23.9 Å². The Morgan fingerprint density at radius 3 is 2.51 bits per heavy atom. The van der Waals surface area contributed by atoms with Crippen molar-refractivity contribution in [2.24, 2.45) is 0 Å². The van der Waals surface area contributed by atoms with Gasteiger partial charge in [0.25, 0.3) is 11.6 Å². The Hall–Kier alpha value is -3.54. The summed E-state index contributed by atoms with van der Waals surface area (Å²) in [6.07, 6.45) is 3.10. The zero-order chi connectivity index (χ0) is 24.8. The Balaban J connectivity index is 1.62. The highest BCUT2D eigenvalue weighted by Gasteiger charge is 2.22. The maximum absolute atomic E-state index is 13.3. The molecule has 1 aliphatic rings. The molecule has 3 aromatic rings. The number of methoxy groups -OCH3 is 2. The van der Waals surface area contributed by atoms with Crippen molar-refractivity contribution >= 4 is 44.4 Å². The van der Waals surface area contributed by atoms with Gasteiger partial charge in [0, 0.05) is 44.4 Å². The predicted molar refractivity (Wildman–Crippen MR) is 134 cm³/mol. The number of rotatable bonds is 9. The number of nitro benzene ring substituents is 1. The largest absolute Gasteiger partial charge is 0.495 e. The SMILES string of the molecule is COc1ccc(OC)c2sc(N(CCN3CCOCC3)C(=O)C=Cc3ccc([N+](=O)[O-])cc3)nc12. The van der Waals surface area contributed by atoms with Gasteiger partial charge >= 0.3 is 0 Å². The summed E-state index contributed by atoms with van der Waals surface area (Å²) in [5.74, 6) is 1.02. The monoisotopic (exact) mass is 498 g/mol. The number of nitro groups is 1. The summed E-state index contributed by atoms with van der Waals surface area (Å²) >= 11 is 1.36. The number of hydrogen-bond acceptors (Lipinski definition) is 9. The lowest BCUT2D eigenvalue weighted by Crippen LogP contribution is -2.42. The van der Waals surface area contributed by atoms with Crippen LogP contribution in [0, 0.1) is 10.1 Å². The third kappa shape index (κ3) is 5.76. The minimum atomic E-state index is -0.457. The van der Waals surface area contributed by atoms with Crippen LogP contribution >= 0.6 is 11.3 Å². The molecule has 0 radical (unpaired) electrons. The van der Waals surface area contributed by atoms with Gasteiger partial charge < -0.3 is 14.2 Å². The van der Waals surface area contributed by atoms with Crippen LogP contribution in [0.5, 0.6) is 11.5 Å². The van der Waals surface area contributed by atoms with E-state index < -0.39 is 4.92 Å². The number of non-ortho nitro benzene ring substituents is 1. The van der Waals surface area contributed by atoms with Crippen LogP contribution in [0.2, 0.25) is 0 Å².